The molecule has 1 heterocycles. The van der Waals surface area contributed by atoms with Crippen molar-refractivity contribution in [2.75, 3.05) is 7.05 Å². The molecule has 0 aliphatic heterocycles. The summed E-state index contributed by atoms with van der Waals surface area (Å²) in [6.07, 6.45) is 1.76. The number of aromatic nitrogens is 1. The first-order valence-electron chi connectivity index (χ1n) is 6.14. The Hall–Kier alpha value is -1.39. The number of nitrogens with zero attached hydrogens (tertiary/aromatic N) is 1. The highest BCUT2D eigenvalue weighted by molar-refractivity contribution is 9.10. The lowest BCUT2D eigenvalue weighted by molar-refractivity contribution is 0.461. The molecule has 0 saturated heterocycles. The van der Waals surface area contributed by atoms with Crippen LogP contribution in [0.1, 0.15) is 16.7 Å². The van der Waals surface area contributed by atoms with Gasteiger partial charge >= 0.3 is 0 Å². The van der Waals surface area contributed by atoms with Gasteiger partial charge in [0.25, 0.3) is 0 Å². The average Bonchev–Trinajstić information content (AvgIpc) is 2.37. The Morgan fingerprint density at radius 2 is 1.89 bits per heavy atom. The van der Waals surface area contributed by atoms with Crippen molar-refractivity contribution < 1.29 is 4.74 Å². The summed E-state index contributed by atoms with van der Waals surface area (Å²) in [5.74, 6) is 1.43. The maximum Gasteiger partial charge on any atom is 0.219 e. The van der Waals surface area contributed by atoms with E-state index in [-0.39, 0.29) is 0 Å². The quantitative estimate of drug-likeness (QED) is 0.925. The molecule has 0 fully saturated rings. The van der Waals surface area contributed by atoms with E-state index in [1.54, 1.807) is 6.20 Å². The maximum absolute atomic E-state index is 5.82. The predicted octanol–water partition coefficient (Wildman–Crippen LogP) is 3.97. The number of halogens is 1. The van der Waals surface area contributed by atoms with E-state index in [0.29, 0.717) is 5.88 Å². The van der Waals surface area contributed by atoms with Crippen molar-refractivity contribution in [3.8, 4) is 11.6 Å². The fraction of sp³-hybridized carbons (Fsp3) is 0.267. The molecule has 100 valence electrons. The van der Waals surface area contributed by atoms with Crippen molar-refractivity contribution in [2.45, 2.75) is 20.4 Å². The van der Waals surface area contributed by atoms with E-state index < -0.39 is 0 Å². The fourth-order valence-electron chi connectivity index (χ4n) is 1.91. The summed E-state index contributed by atoms with van der Waals surface area (Å²) in [7, 11) is 1.92. The van der Waals surface area contributed by atoms with E-state index in [4.69, 9.17) is 4.74 Å². The number of benzene rings is 1. The minimum atomic E-state index is 0.619. The van der Waals surface area contributed by atoms with E-state index >= 15 is 0 Å². The van der Waals surface area contributed by atoms with Crippen LogP contribution in [0.25, 0.3) is 0 Å². The van der Waals surface area contributed by atoms with E-state index in [2.05, 4.69) is 40.1 Å². The van der Waals surface area contributed by atoms with Gasteiger partial charge in [0.2, 0.25) is 5.88 Å². The molecule has 2 aromatic rings. The minimum absolute atomic E-state index is 0.619. The monoisotopic (exact) mass is 320 g/mol. The van der Waals surface area contributed by atoms with Crippen molar-refractivity contribution in [2.24, 2.45) is 0 Å². The summed E-state index contributed by atoms with van der Waals surface area (Å²) in [6, 6.07) is 7.93. The van der Waals surface area contributed by atoms with Crippen molar-refractivity contribution >= 4 is 15.9 Å². The number of ether oxygens (including phenoxy) is 1. The molecule has 2 rings (SSSR count). The van der Waals surface area contributed by atoms with Crippen LogP contribution < -0.4 is 10.1 Å². The molecule has 4 heteroatoms. The summed E-state index contributed by atoms with van der Waals surface area (Å²) in [6.45, 7) is 4.90. The SMILES string of the molecule is CNCc1ccnc(Oc2cc(C)c(Br)c(C)c2)c1. The maximum atomic E-state index is 5.82. The average molecular weight is 321 g/mol. The normalized spacial score (nSPS) is 10.5. The van der Waals surface area contributed by atoms with Gasteiger partial charge in [0.15, 0.2) is 0 Å². The molecule has 19 heavy (non-hydrogen) atoms. The third-order valence-corrected chi connectivity index (χ3v) is 4.06. The molecule has 0 atom stereocenters. The third kappa shape index (κ3) is 3.55. The van der Waals surface area contributed by atoms with E-state index in [0.717, 1.165) is 33.5 Å². The Balaban J connectivity index is 2.23. The zero-order valence-corrected chi connectivity index (χ0v) is 12.9. The molecule has 0 amide bonds. The molecule has 0 bridgehead atoms. The highest BCUT2D eigenvalue weighted by atomic mass is 79.9. The van der Waals surface area contributed by atoms with Crippen LogP contribution in [0.3, 0.4) is 0 Å². The fourth-order valence-corrected chi connectivity index (χ4v) is 2.14. The van der Waals surface area contributed by atoms with E-state index in [1.807, 2.05) is 31.3 Å². The molecule has 0 unspecified atom stereocenters. The molecule has 0 aliphatic carbocycles. The van der Waals surface area contributed by atoms with Gasteiger partial charge in [0.05, 0.1) is 0 Å². The number of hydrogen-bond acceptors (Lipinski definition) is 3. The molecule has 1 aromatic carbocycles. The Kier molecular flexibility index (Phi) is 4.56. The standard InChI is InChI=1S/C15H17BrN2O/c1-10-6-13(7-11(2)15(10)16)19-14-8-12(9-17-3)4-5-18-14/h4-8,17H,9H2,1-3H3. The molecule has 3 nitrogen and oxygen atoms in total. The first-order chi connectivity index (χ1) is 9.10. The van der Waals surface area contributed by atoms with Crippen molar-refractivity contribution in [1.82, 2.24) is 10.3 Å². The second-order valence-electron chi connectivity index (χ2n) is 4.51. The molecular formula is C15H17BrN2O. The van der Waals surface area contributed by atoms with Crippen molar-refractivity contribution in [1.29, 1.82) is 0 Å². The largest absolute Gasteiger partial charge is 0.439 e. The summed E-state index contributed by atoms with van der Waals surface area (Å²) < 4.78 is 6.94. The van der Waals surface area contributed by atoms with E-state index in [9.17, 15) is 0 Å². The van der Waals surface area contributed by atoms with Crippen LogP contribution in [0.2, 0.25) is 0 Å². The van der Waals surface area contributed by atoms with Gasteiger partial charge in [-0.15, -0.1) is 0 Å². The van der Waals surface area contributed by atoms with Crippen LogP contribution in [0, 0.1) is 13.8 Å². The van der Waals surface area contributed by atoms with Gasteiger partial charge in [-0.3, -0.25) is 0 Å². The molecular weight excluding hydrogens is 304 g/mol. The Morgan fingerprint density at radius 1 is 1.21 bits per heavy atom. The Morgan fingerprint density at radius 3 is 2.53 bits per heavy atom. The lowest BCUT2D eigenvalue weighted by Crippen LogP contribution is -2.05. The molecule has 0 saturated carbocycles. The first kappa shape index (κ1) is 14.0. The zero-order chi connectivity index (χ0) is 13.8. The second kappa shape index (κ2) is 6.17. The highest BCUT2D eigenvalue weighted by Crippen LogP contribution is 2.28. The minimum Gasteiger partial charge on any atom is -0.439 e. The predicted molar refractivity (Wildman–Crippen MR) is 80.7 cm³/mol. The molecule has 0 aliphatic rings. The number of nitrogens with one attached hydrogen (secondary N) is 1. The molecule has 1 aromatic heterocycles. The number of pyridine rings is 1. The molecule has 0 radical (unpaired) electrons. The van der Waals surface area contributed by atoms with Crippen LogP contribution in [-0.4, -0.2) is 12.0 Å². The first-order valence-corrected chi connectivity index (χ1v) is 6.93. The summed E-state index contributed by atoms with van der Waals surface area (Å²) in [5, 5.41) is 3.11. The van der Waals surface area contributed by atoms with Crippen LogP contribution >= 0.6 is 15.9 Å². The van der Waals surface area contributed by atoms with Crippen LogP contribution in [0.4, 0.5) is 0 Å². The van der Waals surface area contributed by atoms with E-state index in [1.165, 1.54) is 0 Å². The summed E-state index contributed by atoms with van der Waals surface area (Å²) in [5.41, 5.74) is 3.46. The Labute approximate surface area is 122 Å². The molecule has 1 N–H and O–H groups in total. The van der Waals surface area contributed by atoms with Gasteiger partial charge in [-0.1, -0.05) is 15.9 Å². The summed E-state index contributed by atoms with van der Waals surface area (Å²) >= 11 is 3.55. The van der Waals surface area contributed by atoms with Gasteiger partial charge < -0.3 is 10.1 Å². The van der Waals surface area contributed by atoms with Gasteiger partial charge in [0, 0.05) is 23.3 Å². The van der Waals surface area contributed by atoms with Gasteiger partial charge in [-0.05, 0) is 55.8 Å². The van der Waals surface area contributed by atoms with Gasteiger partial charge in [-0.2, -0.15) is 0 Å². The number of hydrogen-bond donors (Lipinski definition) is 1. The molecule has 0 spiro atoms. The third-order valence-electron chi connectivity index (χ3n) is 2.81. The van der Waals surface area contributed by atoms with Crippen LogP contribution in [0.15, 0.2) is 34.9 Å². The van der Waals surface area contributed by atoms with Crippen LogP contribution in [-0.2, 0) is 6.54 Å². The second-order valence-corrected chi connectivity index (χ2v) is 5.30. The van der Waals surface area contributed by atoms with Gasteiger partial charge in [-0.25, -0.2) is 4.98 Å². The number of rotatable bonds is 4. The smallest absolute Gasteiger partial charge is 0.219 e. The van der Waals surface area contributed by atoms with Crippen molar-refractivity contribution in [3.05, 3.63) is 51.6 Å². The Bertz CT molecular complexity index is 561. The zero-order valence-electron chi connectivity index (χ0n) is 11.3. The van der Waals surface area contributed by atoms with Crippen molar-refractivity contribution in [3.63, 3.8) is 0 Å². The van der Waals surface area contributed by atoms with Crippen LogP contribution in [0.5, 0.6) is 11.6 Å². The topological polar surface area (TPSA) is 34.2 Å². The summed E-state index contributed by atoms with van der Waals surface area (Å²) in [4.78, 5) is 4.24. The lowest BCUT2D eigenvalue weighted by atomic mass is 10.1. The highest BCUT2D eigenvalue weighted by Gasteiger charge is 2.05. The number of aryl methyl sites for hydroxylation is 2. The van der Waals surface area contributed by atoms with Gasteiger partial charge in [0.1, 0.15) is 5.75 Å². The lowest BCUT2D eigenvalue weighted by Gasteiger charge is -2.10.